The Morgan fingerprint density at radius 2 is 2.42 bits per heavy atom. The monoisotopic (exact) mass is 187 g/mol. The standard InChI is InChI=1S/C7H13N3OS/c1-3-6-5-8-9-7(6)10-12(11)4-2/h5H,3-4H2,1-2H3,(H2,8,9,10). The summed E-state index contributed by atoms with van der Waals surface area (Å²) in [5.74, 6) is 1.38. The van der Waals surface area contributed by atoms with E-state index in [-0.39, 0.29) is 0 Å². The lowest BCUT2D eigenvalue weighted by Crippen LogP contribution is -2.07. The molecule has 0 aromatic carbocycles. The number of rotatable bonds is 4. The molecule has 5 heteroatoms. The molecule has 68 valence electrons. The Morgan fingerprint density at radius 3 is 3.00 bits per heavy atom. The first kappa shape index (κ1) is 9.25. The summed E-state index contributed by atoms with van der Waals surface area (Å²) in [6.45, 7) is 3.90. The highest BCUT2D eigenvalue weighted by atomic mass is 32.2. The Kier molecular flexibility index (Phi) is 3.28. The second kappa shape index (κ2) is 4.25. The molecule has 0 aliphatic heterocycles. The molecule has 0 bridgehead atoms. The van der Waals surface area contributed by atoms with Gasteiger partial charge in [-0.3, -0.25) is 9.82 Å². The van der Waals surface area contributed by atoms with Crippen molar-refractivity contribution in [1.82, 2.24) is 10.2 Å². The minimum absolute atomic E-state index is 0.599. The molecule has 0 amide bonds. The Labute approximate surface area is 74.3 Å². The summed E-state index contributed by atoms with van der Waals surface area (Å²) in [5.41, 5.74) is 1.07. The van der Waals surface area contributed by atoms with Crippen LogP contribution in [-0.2, 0) is 17.4 Å². The molecule has 0 saturated heterocycles. The van der Waals surface area contributed by atoms with Crippen LogP contribution < -0.4 is 4.72 Å². The van der Waals surface area contributed by atoms with Crippen LogP contribution in [0, 0.1) is 0 Å². The van der Waals surface area contributed by atoms with Crippen molar-refractivity contribution in [3.63, 3.8) is 0 Å². The van der Waals surface area contributed by atoms with E-state index >= 15 is 0 Å². The fraction of sp³-hybridized carbons (Fsp3) is 0.571. The number of aromatic nitrogens is 2. The number of H-pyrrole nitrogens is 1. The van der Waals surface area contributed by atoms with Crippen molar-refractivity contribution in [2.45, 2.75) is 20.3 Å². The van der Waals surface area contributed by atoms with E-state index in [2.05, 4.69) is 14.9 Å². The zero-order chi connectivity index (χ0) is 8.97. The maximum absolute atomic E-state index is 11.1. The van der Waals surface area contributed by atoms with Crippen LogP contribution >= 0.6 is 0 Å². The van der Waals surface area contributed by atoms with Crippen LogP contribution in [0.15, 0.2) is 6.20 Å². The lowest BCUT2D eigenvalue weighted by atomic mass is 10.3. The number of anilines is 1. The van der Waals surface area contributed by atoms with Gasteiger partial charge in [0, 0.05) is 11.3 Å². The highest BCUT2D eigenvalue weighted by molar-refractivity contribution is 7.86. The second-order valence-corrected chi connectivity index (χ2v) is 3.83. The van der Waals surface area contributed by atoms with E-state index in [1.807, 2.05) is 13.8 Å². The molecule has 1 rings (SSSR count). The first-order valence-corrected chi connectivity index (χ1v) is 5.27. The third kappa shape index (κ3) is 2.07. The van der Waals surface area contributed by atoms with Crippen molar-refractivity contribution in [2.75, 3.05) is 10.5 Å². The number of hydrogen-bond acceptors (Lipinski definition) is 2. The minimum Gasteiger partial charge on any atom is -0.290 e. The molecule has 1 aromatic rings. The highest BCUT2D eigenvalue weighted by Gasteiger charge is 2.03. The topological polar surface area (TPSA) is 57.8 Å². The third-order valence-corrected chi connectivity index (χ3v) is 2.53. The van der Waals surface area contributed by atoms with Gasteiger partial charge in [0.05, 0.1) is 6.20 Å². The van der Waals surface area contributed by atoms with Crippen molar-refractivity contribution in [3.8, 4) is 0 Å². The minimum atomic E-state index is -0.989. The van der Waals surface area contributed by atoms with Gasteiger partial charge in [-0.15, -0.1) is 0 Å². The zero-order valence-corrected chi connectivity index (χ0v) is 8.07. The largest absolute Gasteiger partial charge is 0.290 e. The van der Waals surface area contributed by atoms with E-state index in [4.69, 9.17) is 0 Å². The van der Waals surface area contributed by atoms with Crippen LogP contribution in [-0.4, -0.2) is 20.2 Å². The molecule has 0 spiro atoms. The summed E-state index contributed by atoms with van der Waals surface area (Å²) in [6, 6.07) is 0. The molecule has 0 aliphatic carbocycles. The summed E-state index contributed by atoms with van der Waals surface area (Å²) in [4.78, 5) is 0. The number of hydrogen-bond donors (Lipinski definition) is 2. The summed E-state index contributed by atoms with van der Waals surface area (Å²) in [7, 11) is -0.989. The summed E-state index contributed by atoms with van der Waals surface area (Å²) in [5, 5.41) is 6.63. The molecular formula is C7H13N3OS. The van der Waals surface area contributed by atoms with Crippen molar-refractivity contribution < 1.29 is 4.21 Å². The Bertz CT molecular complexity index is 271. The Morgan fingerprint density at radius 1 is 1.67 bits per heavy atom. The van der Waals surface area contributed by atoms with Gasteiger partial charge in [-0.25, -0.2) is 4.21 Å². The van der Waals surface area contributed by atoms with E-state index in [1.165, 1.54) is 0 Å². The molecular weight excluding hydrogens is 174 g/mol. The fourth-order valence-electron chi connectivity index (χ4n) is 0.854. The molecule has 1 unspecified atom stereocenters. The average Bonchev–Trinajstić information content (AvgIpc) is 2.51. The molecule has 2 N–H and O–H groups in total. The fourth-order valence-corrected chi connectivity index (χ4v) is 1.40. The van der Waals surface area contributed by atoms with E-state index in [0.717, 1.165) is 17.8 Å². The van der Waals surface area contributed by atoms with Crippen LogP contribution in [0.1, 0.15) is 19.4 Å². The molecule has 1 heterocycles. The molecule has 0 fully saturated rings. The molecule has 0 saturated carbocycles. The molecule has 12 heavy (non-hydrogen) atoms. The van der Waals surface area contributed by atoms with Crippen LogP contribution in [0.2, 0.25) is 0 Å². The van der Waals surface area contributed by atoms with Crippen molar-refractivity contribution in [3.05, 3.63) is 11.8 Å². The van der Waals surface area contributed by atoms with Crippen LogP contribution in [0.25, 0.3) is 0 Å². The normalized spacial score (nSPS) is 12.8. The van der Waals surface area contributed by atoms with E-state index < -0.39 is 11.0 Å². The highest BCUT2D eigenvalue weighted by Crippen LogP contribution is 2.11. The van der Waals surface area contributed by atoms with Gasteiger partial charge in [0.2, 0.25) is 0 Å². The van der Waals surface area contributed by atoms with Gasteiger partial charge in [0.15, 0.2) is 0 Å². The smallest absolute Gasteiger partial charge is 0.136 e. The predicted octanol–water partition coefficient (Wildman–Crippen LogP) is 1.07. The van der Waals surface area contributed by atoms with Crippen LogP contribution in [0.5, 0.6) is 0 Å². The molecule has 1 aromatic heterocycles. The average molecular weight is 187 g/mol. The zero-order valence-electron chi connectivity index (χ0n) is 7.26. The first-order chi connectivity index (χ1) is 5.77. The van der Waals surface area contributed by atoms with E-state index in [1.54, 1.807) is 6.20 Å². The summed E-state index contributed by atoms with van der Waals surface area (Å²) in [6.07, 6.45) is 2.63. The lowest BCUT2D eigenvalue weighted by molar-refractivity contribution is 0.687. The van der Waals surface area contributed by atoms with Gasteiger partial charge in [0.25, 0.3) is 0 Å². The lowest BCUT2D eigenvalue weighted by Gasteiger charge is -2.02. The SMILES string of the molecule is CCc1cn[nH]c1NS(=O)CC. The van der Waals surface area contributed by atoms with Gasteiger partial charge in [-0.05, 0) is 6.42 Å². The molecule has 0 aliphatic rings. The van der Waals surface area contributed by atoms with Crippen molar-refractivity contribution in [2.24, 2.45) is 0 Å². The number of nitrogens with one attached hydrogen (secondary N) is 2. The second-order valence-electron chi connectivity index (χ2n) is 2.36. The maximum atomic E-state index is 11.1. The van der Waals surface area contributed by atoms with Gasteiger partial charge in [0.1, 0.15) is 16.8 Å². The number of aromatic amines is 1. The predicted molar refractivity (Wildman–Crippen MR) is 50.3 cm³/mol. The van der Waals surface area contributed by atoms with Gasteiger partial charge in [-0.1, -0.05) is 13.8 Å². The summed E-state index contributed by atoms with van der Waals surface area (Å²) < 4.78 is 13.9. The van der Waals surface area contributed by atoms with Crippen LogP contribution in [0.3, 0.4) is 0 Å². The molecule has 1 atom stereocenters. The third-order valence-electron chi connectivity index (χ3n) is 1.58. The number of nitrogens with zero attached hydrogens (tertiary/aromatic N) is 1. The van der Waals surface area contributed by atoms with E-state index in [0.29, 0.717) is 5.75 Å². The first-order valence-electron chi connectivity index (χ1n) is 3.95. The van der Waals surface area contributed by atoms with Crippen molar-refractivity contribution in [1.29, 1.82) is 0 Å². The summed E-state index contributed by atoms with van der Waals surface area (Å²) >= 11 is 0. The van der Waals surface area contributed by atoms with Gasteiger partial charge >= 0.3 is 0 Å². The van der Waals surface area contributed by atoms with Gasteiger partial charge in [-0.2, -0.15) is 5.10 Å². The van der Waals surface area contributed by atoms with Crippen molar-refractivity contribution >= 4 is 16.8 Å². The molecule has 4 nitrogen and oxygen atoms in total. The quantitative estimate of drug-likeness (QED) is 0.740. The molecule has 0 radical (unpaired) electrons. The maximum Gasteiger partial charge on any atom is 0.136 e. The van der Waals surface area contributed by atoms with Crippen LogP contribution in [0.4, 0.5) is 5.82 Å². The Hall–Kier alpha value is -0.840. The van der Waals surface area contributed by atoms with E-state index in [9.17, 15) is 4.21 Å². The Balaban J connectivity index is 2.68. The number of aryl methyl sites for hydroxylation is 1. The van der Waals surface area contributed by atoms with Gasteiger partial charge < -0.3 is 0 Å².